The Balaban J connectivity index is 1.88. The third-order valence-electron chi connectivity index (χ3n) is 10.8. The molecule has 0 heterocycles. The highest BCUT2D eigenvalue weighted by Gasteiger charge is 2.35. The molecule has 0 amide bonds. The summed E-state index contributed by atoms with van der Waals surface area (Å²) in [4.78, 5) is 0. The largest absolute Gasteiger partial charge is 0.416 e. The van der Waals surface area contributed by atoms with Gasteiger partial charge in [0.15, 0.2) is 0 Å². The zero-order valence-corrected chi connectivity index (χ0v) is 35.3. The van der Waals surface area contributed by atoms with E-state index in [1.54, 1.807) is 0 Å². The summed E-state index contributed by atoms with van der Waals surface area (Å²) in [6, 6.07) is 42.5. The van der Waals surface area contributed by atoms with Crippen molar-refractivity contribution in [1.29, 1.82) is 0 Å². The third-order valence-corrected chi connectivity index (χ3v) is 10.8. The van der Waals surface area contributed by atoms with Gasteiger partial charge in [0.2, 0.25) is 0 Å². The fourth-order valence-corrected chi connectivity index (χ4v) is 8.15. The standard InChI is InChI=1S/C53H57F3/c1-49(2,3)44-25-17-13-21-38(44)34-29-35(39-22-14-18-26-45(39)50(4,5)6)31-36(30-34)48-42(40-23-15-19-27-46(40)51(7,8)9)32-37(53(54,55)56)33-43(48)41-24-16-20-28-47(41)52(10,11)12/h13-33H,1-12H3. The molecule has 6 aromatic carbocycles. The van der Waals surface area contributed by atoms with Gasteiger partial charge in [0, 0.05) is 0 Å². The average Bonchev–Trinajstić information content (AvgIpc) is 3.12. The Morgan fingerprint density at radius 1 is 0.304 bits per heavy atom. The molecule has 0 radical (unpaired) electrons. The average molecular weight is 751 g/mol. The number of rotatable bonds is 5. The maximum atomic E-state index is 15.3. The molecule has 0 aliphatic heterocycles. The number of benzene rings is 6. The van der Waals surface area contributed by atoms with Crippen LogP contribution in [-0.2, 0) is 27.8 Å². The molecule has 6 aromatic rings. The Morgan fingerprint density at radius 3 is 0.875 bits per heavy atom. The Bertz CT molecular complexity index is 2220. The molecule has 3 heteroatoms. The smallest absolute Gasteiger partial charge is 0.166 e. The second-order valence-corrected chi connectivity index (χ2v) is 19.4. The number of halogens is 3. The van der Waals surface area contributed by atoms with Crippen molar-refractivity contribution in [2.24, 2.45) is 0 Å². The van der Waals surface area contributed by atoms with Gasteiger partial charge >= 0.3 is 6.18 Å². The van der Waals surface area contributed by atoms with Crippen LogP contribution in [0.5, 0.6) is 0 Å². The quantitative estimate of drug-likeness (QED) is 0.165. The van der Waals surface area contributed by atoms with E-state index in [4.69, 9.17) is 0 Å². The van der Waals surface area contributed by atoms with Crippen LogP contribution in [0.2, 0.25) is 0 Å². The molecule has 6 rings (SSSR count). The lowest BCUT2D eigenvalue weighted by Gasteiger charge is -2.29. The minimum absolute atomic E-state index is 0.155. The predicted molar refractivity (Wildman–Crippen MR) is 233 cm³/mol. The molecule has 0 fully saturated rings. The van der Waals surface area contributed by atoms with Crippen LogP contribution in [0.25, 0.3) is 55.6 Å². The summed E-state index contributed by atoms with van der Waals surface area (Å²) in [5, 5.41) is 0. The summed E-state index contributed by atoms with van der Waals surface area (Å²) >= 11 is 0. The Kier molecular flexibility index (Phi) is 10.6. The Morgan fingerprint density at radius 2 is 0.571 bits per heavy atom. The summed E-state index contributed by atoms with van der Waals surface area (Å²) in [7, 11) is 0. The van der Waals surface area contributed by atoms with Gasteiger partial charge in [-0.1, -0.05) is 180 Å². The molecule has 56 heavy (non-hydrogen) atoms. The second-order valence-electron chi connectivity index (χ2n) is 19.4. The van der Waals surface area contributed by atoms with Crippen molar-refractivity contribution in [1.82, 2.24) is 0 Å². The van der Waals surface area contributed by atoms with Crippen molar-refractivity contribution in [3.8, 4) is 55.6 Å². The van der Waals surface area contributed by atoms with Crippen LogP contribution in [0.4, 0.5) is 13.2 Å². The van der Waals surface area contributed by atoms with Crippen LogP contribution in [0.15, 0.2) is 127 Å². The highest BCUT2D eigenvalue weighted by molar-refractivity contribution is 5.99. The van der Waals surface area contributed by atoms with Gasteiger partial charge < -0.3 is 0 Å². The Labute approximate surface area is 333 Å². The van der Waals surface area contributed by atoms with Crippen molar-refractivity contribution in [3.63, 3.8) is 0 Å². The van der Waals surface area contributed by atoms with Crippen molar-refractivity contribution < 1.29 is 13.2 Å². The van der Waals surface area contributed by atoms with Crippen molar-refractivity contribution >= 4 is 0 Å². The van der Waals surface area contributed by atoms with E-state index in [-0.39, 0.29) is 21.7 Å². The summed E-state index contributed by atoms with van der Waals surface area (Å²) in [5.41, 5.74) is 11.4. The molecule has 0 saturated carbocycles. The fraction of sp³-hybridized carbons (Fsp3) is 0.321. The van der Waals surface area contributed by atoms with Gasteiger partial charge in [0.1, 0.15) is 0 Å². The first-order valence-corrected chi connectivity index (χ1v) is 19.8. The molecule has 0 spiro atoms. The highest BCUT2D eigenvalue weighted by Crippen LogP contribution is 2.50. The molecule has 0 nitrogen and oxygen atoms in total. The molecule has 0 N–H and O–H groups in total. The van der Waals surface area contributed by atoms with E-state index in [9.17, 15) is 0 Å². The molecule has 0 bridgehead atoms. The molecule has 0 saturated heterocycles. The topological polar surface area (TPSA) is 0 Å². The van der Waals surface area contributed by atoms with Gasteiger partial charge in [0.05, 0.1) is 5.56 Å². The van der Waals surface area contributed by atoms with Gasteiger partial charge in [-0.15, -0.1) is 0 Å². The molecule has 0 aliphatic carbocycles. The van der Waals surface area contributed by atoms with Gasteiger partial charge in [-0.05, 0) is 130 Å². The Hall–Kier alpha value is -4.89. The normalized spacial score (nSPS) is 12.9. The summed E-state index contributed by atoms with van der Waals surface area (Å²) in [6.07, 6.45) is -4.57. The number of hydrogen-bond donors (Lipinski definition) is 0. The first kappa shape index (κ1) is 40.8. The zero-order valence-electron chi connectivity index (χ0n) is 35.3. The summed E-state index contributed by atoms with van der Waals surface area (Å²) < 4.78 is 45.8. The highest BCUT2D eigenvalue weighted by atomic mass is 19.4. The van der Waals surface area contributed by atoms with E-state index in [0.29, 0.717) is 11.1 Å². The molecular formula is C53H57F3. The number of alkyl halides is 3. The van der Waals surface area contributed by atoms with Crippen molar-refractivity contribution in [3.05, 3.63) is 155 Å². The van der Waals surface area contributed by atoms with Crippen molar-refractivity contribution in [2.75, 3.05) is 0 Å². The molecule has 0 aliphatic rings. The van der Waals surface area contributed by atoms with E-state index in [1.165, 1.54) is 23.3 Å². The van der Waals surface area contributed by atoms with Crippen LogP contribution < -0.4 is 0 Å². The molecule has 0 unspecified atom stereocenters. The molecule has 290 valence electrons. The van der Waals surface area contributed by atoms with Crippen molar-refractivity contribution in [2.45, 2.75) is 111 Å². The second kappa shape index (κ2) is 14.6. The van der Waals surface area contributed by atoms with E-state index in [1.807, 2.05) is 36.4 Å². The van der Waals surface area contributed by atoms with Crippen LogP contribution in [0, 0.1) is 0 Å². The van der Waals surface area contributed by atoms with E-state index >= 15 is 13.2 Å². The summed E-state index contributed by atoms with van der Waals surface area (Å²) in [5.74, 6) is 0. The van der Waals surface area contributed by atoms with Crippen LogP contribution in [-0.4, -0.2) is 0 Å². The molecule has 0 atom stereocenters. The lowest BCUT2D eigenvalue weighted by atomic mass is 9.75. The van der Waals surface area contributed by atoms with Gasteiger partial charge in [0.25, 0.3) is 0 Å². The minimum atomic E-state index is -4.57. The van der Waals surface area contributed by atoms with Crippen LogP contribution >= 0.6 is 0 Å². The lowest BCUT2D eigenvalue weighted by Crippen LogP contribution is -2.15. The van der Waals surface area contributed by atoms with Gasteiger partial charge in [-0.25, -0.2) is 0 Å². The maximum absolute atomic E-state index is 15.3. The van der Waals surface area contributed by atoms with Crippen LogP contribution in [0.1, 0.15) is 111 Å². The summed E-state index contributed by atoms with van der Waals surface area (Å²) in [6.45, 7) is 26.1. The first-order valence-electron chi connectivity index (χ1n) is 19.8. The predicted octanol–water partition coefficient (Wildman–Crippen LogP) is 16.2. The van der Waals surface area contributed by atoms with E-state index in [2.05, 4.69) is 162 Å². The van der Waals surface area contributed by atoms with E-state index in [0.717, 1.165) is 55.6 Å². The lowest BCUT2D eigenvalue weighted by molar-refractivity contribution is -0.137. The third kappa shape index (κ3) is 8.29. The first-order chi connectivity index (χ1) is 26.0. The van der Waals surface area contributed by atoms with Gasteiger partial charge in [-0.3, -0.25) is 0 Å². The van der Waals surface area contributed by atoms with E-state index < -0.39 is 11.7 Å². The monoisotopic (exact) mass is 750 g/mol. The van der Waals surface area contributed by atoms with Gasteiger partial charge in [-0.2, -0.15) is 13.2 Å². The fourth-order valence-electron chi connectivity index (χ4n) is 8.15. The maximum Gasteiger partial charge on any atom is 0.416 e. The van der Waals surface area contributed by atoms with Crippen LogP contribution in [0.3, 0.4) is 0 Å². The molecule has 0 aromatic heterocycles. The molecular weight excluding hydrogens is 694 g/mol. The SMILES string of the molecule is CC(C)(C)c1ccccc1-c1cc(-c2ccccc2C(C)(C)C)cc(-c2c(-c3ccccc3C(C)(C)C)cc(C(F)(F)F)cc2-c2ccccc2C(C)(C)C)c1. The minimum Gasteiger partial charge on any atom is -0.166 e. The zero-order chi connectivity index (χ0) is 41.0. The number of hydrogen-bond acceptors (Lipinski definition) is 0.